The zero-order chi connectivity index (χ0) is 16.5. The number of aromatic hydroxyl groups is 1. The Morgan fingerprint density at radius 1 is 1.36 bits per heavy atom. The second-order valence-electron chi connectivity index (χ2n) is 6.26. The van der Waals surface area contributed by atoms with Crippen LogP contribution in [0, 0.1) is 6.92 Å². The van der Waals surface area contributed by atoms with E-state index in [0.29, 0.717) is 0 Å². The average molecular weight is 338 g/mol. The summed E-state index contributed by atoms with van der Waals surface area (Å²) in [6.07, 6.45) is 0. The van der Waals surface area contributed by atoms with Gasteiger partial charge in [-0.15, -0.1) is 11.3 Å². The van der Waals surface area contributed by atoms with E-state index in [4.69, 9.17) is 0 Å². The van der Waals surface area contributed by atoms with Crippen molar-refractivity contribution in [1.29, 1.82) is 0 Å². The van der Waals surface area contributed by atoms with Crippen molar-refractivity contribution in [1.82, 2.24) is 9.71 Å². The average Bonchev–Trinajstić information content (AvgIpc) is 2.83. The molecule has 0 saturated carbocycles. The summed E-state index contributed by atoms with van der Waals surface area (Å²) in [4.78, 5) is 5.29. The lowest BCUT2D eigenvalue weighted by Gasteiger charge is -2.22. The Bertz CT molecular complexity index is 690. The third-order valence-corrected chi connectivity index (χ3v) is 6.00. The van der Waals surface area contributed by atoms with Gasteiger partial charge in [-0.3, -0.25) is 0 Å². The van der Waals surface area contributed by atoms with E-state index >= 15 is 0 Å². The van der Waals surface area contributed by atoms with Crippen LogP contribution in [-0.4, -0.2) is 19.0 Å². The Morgan fingerprint density at radius 2 is 2.05 bits per heavy atom. The molecule has 0 aliphatic heterocycles. The van der Waals surface area contributed by atoms with Crippen molar-refractivity contribution in [2.45, 2.75) is 45.4 Å². The van der Waals surface area contributed by atoms with E-state index in [-0.39, 0.29) is 16.5 Å². The topological polar surface area (TPSA) is 62.2 Å². The second kappa shape index (κ2) is 6.48. The number of thiazole rings is 1. The largest absolute Gasteiger partial charge is 0.508 e. The summed E-state index contributed by atoms with van der Waals surface area (Å²) < 4.78 is 14.9. The Labute approximate surface area is 138 Å². The monoisotopic (exact) mass is 338 g/mol. The lowest BCUT2D eigenvalue weighted by atomic mass is 10.0. The van der Waals surface area contributed by atoms with Crippen LogP contribution in [0.25, 0.3) is 10.4 Å². The van der Waals surface area contributed by atoms with Crippen LogP contribution in [0.4, 0.5) is 0 Å². The summed E-state index contributed by atoms with van der Waals surface area (Å²) >= 11 is 1.55. The second-order valence-corrected chi connectivity index (χ2v) is 9.11. The van der Waals surface area contributed by atoms with Crippen LogP contribution in [-0.2, 0) is 11.0 Å². The van der Waals surface area contributed by atoms with Gasteiger partial charge in [-0.05, 0) is 46.2 Å². The van der Waals surface area contributed by atoms with Gasteiger partial charge >= 0.3 is 0 Å². The van der Waals surface area contributed by atoms with Crippen molar-refractivity contribution in [3.8, 4) is 16.2 Å². The SMILES string of the molecule is Cc1ncsc1-c1ccc([C@H](C)N[S@](=O)C(C)(C)C)c(O)c1. The molecule has 2 rings (SSSR count). The van der Waals surface area contributed by atoms with Gasteiger partial charge in [0.25, 0.3) is 0 Å². The third-order valence-electron chi connectivity index (χ3n) is 3.34. The molecule has 2 N–H and O–H groups in total. The third kappa shape index (κ3) is 3.74. The summed E-state index contributed by atoms with van der Waals surface area (Å²) in [7, 11) is -1.18. The predicted molar refractivity (Wildman–Crippen MR) is 93.4 cm³/mol. The quantitative estimate of drug-likeness (QED) is 0.887. The number of benzene rings is 1. The normalized spacial score (nSPS) is 14.8. The van der Waals surface area contributed by atoms with E-state index < -0.39 is 11.0 Å². The first kappa shape index (κ1) is 17.1. The number of phenols is 1. The van der Waals surface area contributed by atoms with E-state index in [9.17, 15) is 9.32 Å². The summed E-state index contributed by atoms with van der Waals surface area (Å²) in [5.74, 6) is 0.205. The van der Waals surface area contributed by atoms with Crippen molar-refractivity contribution in [2.75, 3.05) is 0 Å². The molecular formula is C16H22N2O2S2. The molecule has 1 aromatic carbocycles. The number of phenolic OH excluding ortho intramolecular Hbond substituents is 1. The van der Waals surface area contributed by atoms with E-state index in [1.807, 2.05) is 46.8 Å². The maximum absolute atomic E-state index is 12.2. The van der Waals surface area contributed by atoms with Crippen molar-refractivity contribution in [3.05, 3.63) is 35.0 Å². The molecule has 6 heteroatoms. The summed E-state index contributed by atoms with van der Waals surface area (Å²) in [5, 5.41) is 10.3. The molecule has 0 saturated heterocycles. The van der Waals surface area contributed by atoms with Gasteiger partial charge in [-0.2, -0.15) is 0 Å². The minimum absolute atomic E-state index is 0.198. The van der Waals surface area contributed by atoms with Crippen LogP contribution in [0.5, 0.6) is 5.75 Å². The highest BCUT2D eigenvalue weighted by Crippen LogP contribution is 2.33. The highest BCUT2D eigenvalue weighted by Gasteiger charge is 2.23. The van der Waals surface area contributed by atoms with Gasteiger partial charge in [-0.25, -0.2) is 13.9 Å². The lowest BCUT2D eigenvalue weighted by molar-refractivity contribution is 0.461. The molecule has 0 amide bonds. The zero-order valence-electron chi connectivity index (χ0n) is 13.5. The first-order valence-corrected chi connectivity index (χ1v) is 9.14. The fourth-order valence-corrected chi connectivity index (χ4v) is 3.64. The Morgan fingerprint density at radius 3 is 2.55 bits per heavy atom. The number of aromatic nitrogens is 1. The van der Waals surface area contributed by atoms with Gasteiger partial charge < -0.3 is 5.11 Å². The number of hydrogen-bond donors (Lipinski definition) is 2. The molecule has 1 aromatic heterocycles. The maximum atomic E-state index is 12.2. The molecule has 0 aliphatic rings. The minimum atomic E-state index is -1.18. The summed E-state index contributed by atoms with van der Waals surface area (Å²) in [6, 6.07) is 5.39. The van der Waals surface area contributed by atoms with E-state index in [1.54, 1.807) is 22.9 Å². The first-order valence-electron chi connectivity index (χ1n) is 7.11. The van der Waals surface area contributed by atoms with Gasteiger partial charge in [0.2, 0.25) is 0 Å². The van der Waals surface area contributed by atoms with Crippen LogP contribution in [0.2, 0.25) is 0 Å². The van der Waals surface area contributed by atoms with Crippen LogP contribution in [0.15, 0.2) is 23.7 Å². The van der Waals surface area contributed by atoms with Crippen LogP contribution in [0.3, 0.4) is 0 Å². The number of hydrogen-bond acceptors (Lipinski definition) is 4. The number of aryl methyl sites for hydroxylation is 1. The summed E-state index contributed by atoms with van der Waals surface area (Å²) in [6.45, 7) is 9.60. The van der Waals surface area contributed by atoms with Crippen molar-refractivity contribution in [3.63, 3.8) is 0 Å². The lowest BCUT2D eigenvalue weighted by Crippen LogP contribution is -2.34. The smallest absolute Gasteiger partial charge is 0.121 e. The van der Waals surface area contributed by atoms with Crippen LogP contribution < -0.4 is 4.72 Å². The highest BCUT2D eigenvalue weighted by atomic mass is 32.2. The molecule has 0 spiro atoms. The predicted octanol–water partition coefficient (Wildman–Crippen LogP) is 3.94. The van der Waals surface area contributed by atoms with Crippen LogP contribution >= 0.6 is 11.3 Å². The molecule has 120 valence electrons. The Kier molecular flexibility index (Phi) is 5.04. The molecule has 0 unspecified atom stereocenters. The zero-order valence-corrected chi connectivity index (χ0v) is 15.1. The van der Waals surface area contributed by atoms with Crippen molar-refractivity contribution >= 4 is 22.3 Å². The molecule has 22 heavy (non-hydrogen) atoms. The molecule has 2 atom stereocenters. The number of nitrogens with one attached hydrogen (secondary N) is 1. The molecule has 0 fully saturated rings. The van der Waals surface area contributed by atoms with Gasteiger partial charge in [-0.1, -0.05) is 12.1 Å². The highest BCUT2D eigenvalue weighted by molar-refractivity contribution is 7.84. The Hall–Kier alpha value is -1.24. The molecule has 0 aliphatic carbocycles. The van der Waals surface area contributed by atoms with Crippen molar-refractivity contribution in [2.24, 2.45) is 0 Å². The number of nitrogens with zero attached hydrogens (tertiary/aromatic N) is 1. The minimum Gasteiger partial charge on any atom is -0.508 e. The molecule has 4 nitrogen and oxygen atoms in total. The fourth-order valence-electron chi connectivity index (χ4n) is 2.03. The molecular weight excluding hydrogens is 316 g/mol. The first-order chi connectivity index (χ1) is 10.2. The molecule has 2 aromatic rings. The Balaban J connectivity index is 2.23. The number of rotatable bonds is 4. The van der Waals surface area contributed by atoms with Gasteiger partial charge in [0.05, 0.1) is 31.8 Å². The fraction of sp³-hybridized carbons (Fsp3) is 0.438. The van der Waals surface area contributed by atoms with Gasteiger partial charge in [0.1, 0.15) is 5.75 Å². The van der Waals surface area contributed by atoms with Gasteiger partial charge in [0.15, 0.2) is 0 Å². The van der Waals surface area contributed by atoms with E-state index in [2.05, 4.69) is 9.71 Å². The standard InChI is InChI=1S/C16H22N2O2S2/c1-10(18-22(20)16(3,4)5)13-7-6-12(8-14(13)19)15-11(2)17-9-21-15/h6-10,18-19H,1-5H3/t10-,22+/m0/s1. The van der Waals surface area contributed by atoms with Gasteiger partial charge in [0, 0.05) is 11.6 Å². The molecule has 0 bridgehead atoms. The molecule has 0 radical (unpaired) electrons. The van der Waals surface area contributed by atoms with E-state index in [0.717, 1.165) is 21.7 Å². The van der Waals surface area contributed by atoms with Crippen LogP contribution in [0.1, 0.15) is 45.0 Å². The van der Waals surface area contributed by atoms with Crippen molar-refractivity contribution < 1.29 is 9.32 Å². The summed E-state index contributed by atoms with van der Waals surface area (Å²) in [5.41, 5.74) is 4.44. The molecule has 1 heterocycles. The maximum Gasteiger partial charge on any atom is 0.121 e. The van der Waals surface area contributed by atoms with E-state index in [1.165, 1.54) is 0 Å².